The number of alkyl halides is 3. The van der Waals surface area contributed by atoms with Crippen LogP contribution in [0.2, 0.25) is 0 Å². The first-order valence-corrected chi connectivity index (χ1v) is 4.69. The minimum absolute atomic E-state index is 0.147. The van der Waals surface area contributed by atoms with Gasteiger partial charge in [0, 0.05) is 0 Å². The SMILES string of the molecule is C=C(c1cccc(C(C)C)c1)C(F)(F)F. The topological polar surface area (TPSA) is 0 Å². The Kier molecular flexibility index (Phi) is 3.22. The maximum absolute atomic E-state index is 12.4. The average Bonchev–Trinajstić information content (AvgIpc) is 2.15. The molecule has 0 bridgehead atoms. The Morgan fingerprint density at radius 2 is 1.87 bits per heavy atom. The smallest absolute Gasteiger partial charge is 0.166 e. The lowest BCUT2D eigenvalue weighted by Gasteiger charge is -2.12. The van der Waals surface area contributed by atoms with Gasteiger partial charge >= 0.3 is 6.18 Å². The number of rotatable bonds is 2. The van der Waals surface area contributed by atoms with Crippen molar-refractivity contribution in [1.29, 1.82) is 0 Å². The van der Waals surface area contributed by atoms with Crippen molar-refractivity contribution in [2.75, 3.05) is 0 Å². The number of allylic oxidation sites excluding steroid dienone is 1. The zero-order valence-corrected chi connectivity index (χ0v) is 8.73. The van der Waals surface area contributed by atoms with Crippen LogP contribution in [0.5, 0.6) is 0 Å². The number of hydrogen-bond donors (Lipinski definition) is 0. The number of hydrogen-bond acceptors (Lipinski definition) is 0. The summed E-state index contributed by atoms with van der Waals surface area (Å²) in [6.45, 7) is 6.95. The highest BCUT2D eigenvalue weighted by molar-refractivity contribution is 5.67. The van der Waals surface area contributed by atoms with Gasteiger partial charge in [0.25, 0.3) is 0 Å². The quantitative estimate of drug-likeness (QED) is 0.685. The van der Waals surface area contributed by atoms with Crippen LogP contribution in [0.4, 0.5) is 13.2 Å². The van der Waals surface area contributed by atoms with Crippen LogP contribution in [0.1, 0.15) is 30.9 Å². The lowest BCUT2D eigenvalue weighted by atomic mass is 9.98. The summed E-state index contributed by atoms with van der Waals surface area (Å²) in [5.41, 5.74) is 0.247. The van der Waals surface area contributed by atoms with Crippen LogP contribution in [-0.2, 0) is 0 Å². The van der Waals surface area contributed by atoms with E-state index in [0.717, 1.165) is 5.56 Å². The molecule has 1 aromatic carbocycles. The molecule has 0 aliphatic rings. The molecule has 0 atom stereocenters. The van der Waals surface area contributed by atoms with Crippen molar-refractivity contribution in [2.45, 2.75) is 25.9 Å². The van der Waals surface area contributed by atoms with Crippen LogP contribution in [0, 0.1) is 0 Å². The summed E-state index contributed by atoms with van der Waals surface area (Å²) in [6, 6.07) is 6.42. The van der Waals surface area contributed by atoms with Crippen molar-refractivity contribution in [2.24, 2.45) is 0 Å². The van der Waals surface area contributed by atoms with Gasteiger partial charge in [0.05, 0.1) is 5.57 Å². The Balaban J connectivity index is 3.06. The van der Waals surface area contributed by atoms with Gasteiger partial charge in [-0.25, -0.2) is 0 Å². The molecule has 0 nitrogen and oxygen atoms in total. The molecule has 0 N–H and O–H groups in total. The first-order valence-electron chi connectivity index (χ1n) is 4.69. The van der Waals surface area contributed by atoms with E-state index in [9.17, 15) is 13.2 Å². The minimum Gasteiger partial charge on any atom is -0.166 e. The van der Waals surface area contributed by atoms with Crippen molar-refractivity contribution >= 4 is 5.57 Å². The van der Waals surface area contributed by atoms with Gasteiger partial charge < -0.3 is 0 Å². The second kappa shape index (κ2) is 4.09. The van der Waals surface area contributed by atoms with E-state index in [-0.39, 0.29) is 11.5 Å². The van der Waals surface area contributed by atoms with E-state index in [4.69, 9.17) is 0 Å². The highest BCUT2D eigenvalue weighted by atomic mass is 19.4. The molecule has 0 saturated carbocycles. The molecule has 0 fully saturated rings. The highest BCUT2D eigenvalue weighted by Crippen LogP contribution is 2.33. The Morgan fingerprint density at radius 1 is 1.27 bits per heavy atom. The van der Waals surface area contributed by atoms with Crippen LogP contribution in [0.3, 0.4) is 0 Å². The van der Waals surface area contributed by atoms with Gasteiger partial charge in [-0.1, -0.05) is 44.7 Å². The minimum atomic E-state index is -4.35. The number of halogens is 3. The lowest BCUT2D eigenvalue weighted by Crippen LogP contribution is -2.09. The average molecular weight is 214 g/mol. The molecule has 0 aliphatic heterocycles. The van der Waals surface area contributed by atoms with Crippen LogP contribution < -0.4 is 0 Å². The maximum atomic E-state index is 12.4. The summed E-state index contributed by atoms with van der Waals surface area (Å²) < 4.78 is 37.1. The molecule has 0 radical (unpaired) electrons. The Labute approximate surface area is 87.4 Å². The molecule has 0 unspecified atom stereocenters. The van der Waals surface area contributed by atoms with Crippen LogP contribution >= 0.6 is 0 Å². The van der Waals surface area contributed by atoms with Gasteiger partial charge in [0.1, 0.15) is 0 Å². The van der Waals surface area contributed by atoms with Gasteiger partial charge in [-0.05, 0) is 17.0 Å². The molecule has 1 rings (SSSR count). The molecule has 0 heterocycles. The molecular weight excluding hydrogens is 201 g/mol. The first kappa shape index (κ1) is 11.8. The molecule has 0 aromatic heterocycles. The summed E-state index contributed by atoms with van der Waals surface area (Å²) in [5, 5.41) is 0. The van der Waals surface area contributed by atoms with Crippen LogP contribution in [0.15, 0.2) is 30.8 Å². The summed E-state index contributed by atoms with van der Waals surface area (Å²) in [5.74, 6) is 0.214. The molecule has 0 aliphatic carbocycles. The second-order valence-electron chi connectivity index (χ2n) is 3.76. The van der Waals surface area contributed by atoms with Crippen molar-refractivity contribution < 1.29 is 13.2 Å². The van der Waals surface area contributed by atoms with Crippen molar-refractivity contribution in [3.05, 3.63) is 42.0 Å². The van der Waals surface area contributed by atoms with Gasteiger partial charge in [-0.2, -0.15) is 13.2 Å². The zero-order valence-electron chi connectivity index (χ0n) is 8.73. The largest absolute Gasteiger partial charge is 0.416 e. The summed E-state index contributed by atoms with van der Waals surface area (Å²) >= 11 is 0. The summed E-state index contributed by atoms with van der Waals surface area (Å²) in [6.07, 6.45) is -4.35. The normalized spacial score (nSPS) is 11.9. The van der Waals surface area contributed by atoms with E-state index in [0.29, 0.717) is 0 Å². The van der Waals surface area contributed by atoms with Crippen molar-refractivity contribution in [3.8, 4) is 0 Å². The van der Waals surface area contributed by atoms with E-state index in [1.54, 1.807) is 12.1 Å². The predicted octanol–water partition coefficient (Wildman–Crippen LogP) is 4.39. The lowest BCUT2D eigenvalue weighted by molar-refractivity contribution is -0.0686. The maximum Gasteiger partial charge on any atom is 0.416 e. The zero-order chi connectivity index (χ0) is 11.6. The van der Waals surface area contributed by atoms with Crippen LogP contribution in [-0.4, -0.2) is 6.18 Å². The fourth-order valence-electron chi connectivity index (χ4n) is 1.25. The molecule has 15 heavy (non-hydrogen) atoms. The third-order valence-electron chi connectivity index (χ3n) is 2.24. The van der Waals surface area contributed by atoms with E-state index >= 15 is 0 Å². The first-order chi connectivity index (χ1) is 6.82. The Bertz CT molecular complexity index is 361. The molecule has 0 saturated heterocycles. The monoisotopic (exact) mass is 214 g/mol. The molecule has 3 heteroatoms. The Hall–Kier alpha value is -1.25. The number of benzene rings is 1. The Morgan fingerprint density at radius 3 is 2.33 bits per heavy atom. The van der Waals surface area contributed by atoms with Gasteiger partial charge in [0.2, 0.25) is 0 Å². The highest BCUT2D eigenvalue weighted by Gasteiger charge is 2.32. The standard InChI is InChI=1S/C12H13F3/c1-8(2)10-5-4-6-11(7-10)9(3)12(13,14)15/h4-8H,3H2,1-2H3. The van der Waals surface area contributed by atoms with Crippen molar-refractivity contribution in [1.82, 2.24) is 0 Å². The summed E-state index contributed by atoms with van der Waals surface area (Å²) in [7, 11) is 0. The fourth-order valence-corrected chi connectivity index (χ4v) is 1.25. The predicted molar refractivity (Wildman–Crippen MR) is 55.6 cm³/mol. The molecule has 0 amide bonds. The summed E-state index contributed by atoms with van der Waals surface area (Å²) in [4.78, 5) is 0. The van der Waals surface area contributed by atoms with E-state index in [2.05, 4.69) is 6.58 Å². The van der Waals surface area contributed by atoms with Gasteiger partial charge in [-0.3, -0.25) is 0 Å². The second-order valence-corrected chi connectivity index (χ2v) is 3.76. The van der Waals surface area contributed by atoms with E-state index < -0.39 is 11.7 Å². The molecule has 0 spiro atoms. The van der Waals surface area contributed by atoms with Crippen molar-refractivity contribution in [3.63, 3.8) is 0 Å². The van der Waals surface area contributed by atoms with E-state index in [1.807, 2.05) is 19.9 Å². The third-order valence-corrected chi connectivity index (χ3v) is 2.24. The van der Waals surface area contributed by atoms with E-state index in [1.165, 1.54) is 6.07 Å². The third kappa shape index (κ3) is 2.85. The molecular formula is C12H13F3. The van der Waals surface area contributed by atoms with Gasteiger partial charge in [-0.15, -0.1) is 0 Å². The van der Waals surface area contributed by atoms with Crippen LogP contribution in [0.25, 0.3) is 5.57 Å². The van der Waals surface area contributed by atoms with Gasteiger partial charge in [0.15, 0.2) is 0 Å². The molecule has 82 valence electrons. The molecule has 1 aromatic rings. The fraction of sp³-hybridized carbons (Fsp3) is 0.333.